The van der Waals surface area contributed by atoms with Gasteiger partial charge in [0, 0.05) is 30.7 Å². The highest BCUT2D eigenvalue weighted by Gasteiger charge is 2.18. The second-order valence-corrected chi connectivity index (χ2v) is 8.66. The van der Waals surface area contributed by atoms with E-state index >= 15 is 0 Å². The Morgan fingerprint density at radius 3 is 2.41 bits per heavy atom. The Morgan fingerprint density at radius 2 is 1.79 bits per heavy atom. The highest BCUT2D eigenvalue weighted by molar-refractivity contribution is 5.97. The van der Waals surface area contributed by atoms with E-state index in [-0.39, 0.29) is 29.9 Å². The Hall–Kier alpha value is -2.97. The van der Waals surface area contributed by atoms with Crippen LogP contribution in [-0.4, -0.2) is 19.0 Å². The monoisotopic (exact) mass is 479 g/mol. The third-order valence-electron chi connectivity index (χ3n) is 6.56. The van der Waals surface area contributed by atoms with Gasteiger partial charge in [0.15, 0.2) is 0 Å². The van der Waals surface area contributed by atoms with Crippen LogP contribution in [0.3, 0.4) is 0 Å². The maximum atomic E-state index is 12.9. The van der Waals surface area contributed by atoms with Gasteiger partial charge in [-0.1, -0.05) is 25.1 Å². The van der Waals surface area contributed by atoms with Gasteiger partial charge in [0.2, 0.25) is 0 Å². The van der Waals surface area contributed by atoms with E-state index in [0.717, 1.165) is 49.2 Å². The van der Waals surface area contributed by atoms with Crippen molar-refractivity contribution in [3.63, 3.8) is 0 Å². The molecule has 3 rings (SSSR count). The number of hydrogen-bond donors (Lipinski definition) is 2. The van der Waals surface area contributed by atoms with Crippen molar-refractivity contribution in [2.24, 2.45) is 0 Å². The SMILES string of the molecule is CCC(NC(=O)/C(C#N)=C\Nc1ccc(N(CC)CC)cc1C)c1ccc2c(c1)CCCC2.[Cl-]. The molecule has 2 aromatic rings. The van der Waals surface area contributed by atoms with Gasteiger partial charge in [-0.05, 0) is 93.3 Å². The van der Waals surface area contributed by atoms with Crippen LogP contribution in [0.25, 0.3) is 0 Å². The van der Waals surface area contributed by atoms with E-state index in [2.05, 4.69) is 66.6 Å². The molecule has 0 saturated carbocycles. The number of nitriles is 1. The molecule has 0 spiro atoms. The summed E-state index contributed by atoms with van der Waals surface area (Å²) in [5.41, 5.74) is 7.12. The average molecular weight is 480 g/mol. The van der Waals surface area contributed by atoms with Crippen molar-refractivity contribution in [1.29, 1.82) is 5.26 Å². The zero-order chi connectivity index (χ0) is 23.8. The fourth-order valence-electron chi connectivity index (χ4n) is 4.52. The molecule has 0 heterocycles. The molecule has 0 aliphatic heterocycles. The minimum absolute atomic E-state index is 0. The summed E-state index contributed by atoms with van der Waals surface area (Å²) < 4.78 is 0. The van der Waals surface area contributed by atoms with E-state index in [1.165, 1.54) is 35.9 Å². The Balaban J connectivity index is 0.00000408. The van der Waals surface area contributed by atoms with Crippen molar-refractivity contribution >= 4 is 17.3 Å². The summed E-state index contributed by atoms with van der Waals surface area (Å²) in [7, 11) is 0. The first-order valence-electron chi connectivity index (χ1n) is 12.2. The molecular weight excluding hydrogens is 444 g/mol. The molecule has 1 atom stereocenters. The van der Waals surface area contributed by atoms with Crippen LogP contribution in [0.4, 0.5) is 11.4 Å². The lowest BCUT2D eigenvalue weighted by Crippen LogP contribution is -3.00. The fourth-order valence-corrected chi connectivity index (χ4v) is 4.52. The molecule has 1 aliphatic rings. The molecule has 1 amide bonds. The first-order valence-corrected chi connectivity index (χ1v) is 12.2. The average Bonchev–Trinajstić information content (AvgIpc) is 2.84. The summed E-state index contributed by atoms with van der Waals surface area (Å²) in [5.74, 6) is -0.355. The van der Waals surface area contributed by atoms with Crippen LogP contribution in [0.2, 0.25) is 0 Å². The summed E-state index contributed by atoms with van der Waals surface area (Å²) in [6.07, 6.45) is 6.99. The van der Waals surface area contributed by atoms with Gasteiger partial charge in [-0.25, -0.2) is 0 Å². The second kappa shape index (κ2) is 13.1. The van der Waals surface area contributed by atoms with Crippen molar-refractivity contribution in [1.82, 2.24) is 5.32 Å². The molecule has 0 fully saturated rings. The van der Waals surface area contributed by atoms with E-state index in [0.29, 0.717) is 0 Å². The number of benzene rings is 2. The first-order chi connectivity index (χ1) is 16.0. The summed E-state index contributed by atoms with van der Waals surface area (Å²) in [5, 5.41) is 15.8. The summed E-state index contributed by atoms with van der Waals surface area (Å²) in [4.78, 5) is 15.2. The number of hydrogen-bond acceptors (Lipinski definition) is 4. The summed E-state index contributed by atoms with van der Waals surface area (Å²) >= 11 is 0. The molecule has 1 aliphatic carbocycles. The van der Waals surface area contributed by atoms with Crippen LogP contribution in [0, 0.1) is 18.3 Å². The van der Waals surface area contributed by atoms with Crippen LogP contribution in [-0.2, 0) is 17.6 Å². The lowest BCUT2D eigenvalue weighted by molar-refractivity contribution is -0.117. The van der Waals surface area contributed by atoms with Crippen molar-refractivity contribution in [3.05, 3.63) is 70.4 Å². The van der Waals surface area contributed by atoms with E-state index < -0.39 is 0 Å². The van der Waals surface area contributed by atoms with Crippen molar-refractivity contribution in [3.8, 4) is 6.07 Å². The topological polar surface area (TPSA) is 68.2 Å². The number of carbonyl (C=O) groups is 1. The molecular formula is C28H36ClN4O-. The lowest BCUT2D eigenvalue weighted by Gasteiger charge is -2.22. The van der Waals surface area contributed by atoms with Gasteiger partial charge in [-0.15, -0.1) is 0 Å². The predicted molar refractivity (Wildman–Crippen MR) is 136 cm³/mol. The highest BCUT2D eigenvalue weighted by atomic mass is 35.5. The van der Waals surface area contributed by atoms with Crippen LogP contribution in [0.1, 0.15) is 68.3 Å². The third-order valence-corrected chi connectivity index (χ3v) is 6.56. The number of carbonyl (C=O) groups excluding carboxylic acids is 1. The lowest BCUT2D eigenvalue weighted by atomic mass is 9.88. The molecule has 0 bridgehead atoms. The summed E-state index contributed by atoms with van der Waals surface area (Å²) in [6.45, 7) is 10.3. The molecule has 1 unspecified atom stereocenters. The van der Waals surface area contributed by atoms with Gasteiger partial charge in [-0.2, -0.15) is 5.26 Å². The largest absolute Gasteiger partial charge is 1.00 e. The summed E-state index contributed by atoms with van der Waals surface area (Å²) in [6, 6.07) is 14.7. The number of aryl methyl sites for hydroxylation is 3. The maximum absolute atomic E-state index is 12.9. The Bertz CT molecular complexity index is 1050. The Labute approximate surface area is 210 Å². The molecule has 0 aromatic heterocycles. The van der Waals surface area contributed by atoms with Crippen molar-refractivity contribution in [2.45, 2.75) is 65.8 Å². The quantitative estimate of drug-likeness (QED) is 0.428. The normalized spacial score (nSPS) is 13.7. The number of fused-ring (bicyclic) bond motifs is 1. The second-order valence-electron chi connectivity index (χ2n) is 8.66. The molecule has 0 radical (unpaired) electrons. The van der Waals surface area contributed by atoms with E-state index in [1.54, 1.807) is 0 Å². The van der Waals surface area contributed by atoms with Crippen LogP contribution < -0.4 is 27.9 Å². The maximum Gasteiger partial charge on any atom is 0.263 e. The van der Waals surface area contributed by atoms with E-state index in [9.17, 15) is 10.1 Å². The van der Waals surface area contributed by atoms with E-state index in [4.69, 9.17) is 0 Å². The van der Waals surface area contributed by atoms with Gasteiger partial charge in [0.1, 0.15) is 11.6 Å². The van der Waals surface area contributed by atoms with Crippen LogP contribution in [0.15, 0.2) is 48.2 Å². The number of nitrogens with one attached hydrogen (secondary N) is 2. The van der Waals surface area contributed by atoms with Gasteiger partial charge in [-0.3, -0.25) is 4.79 Å². The molecule has 2 N–H and O–H groups in total. The number of halogens is 1. The third kappa shape index (κ3) is 6.55. The zero-order valence-corrected chi connectivity index (χ0v) is 21.5. The number of rotatable bonds is 9. The van der Waals surface area contributed by atoms with Crippen molar-refractivity contribution < 1.29 is 17.2 Å². The molecule has 0 saturated heterocycles. The number of amides is 1. The number of anilines is 2. The van der Waals surface area contributed by atoms with Gasteiger partial charge < -0.3 is 27.9 Å². The zero-order valence-electron chi connectivity index (χ0n) is 20.7. The van der Waals surface area contributed by atoms with Gasteiger partial charge in [0.05, 0.1) is 6.04 Å². The molecule has 5 nitrogen and oxygen atoms in total. The number of nitrogens with zero attached hydrogens (tertiary/aromatic N) is 2. The smallest absolute Gasteiger partial charge is 0.263 e. The first kappa shape index (κ1) is 27.3. The minimum atomic E-state index is -0.355. The highest BCUT2D eigenvalue weighted by Crippen LogP contribution is 2.26. The Kier molecular flexibility index (Phi) is 10.5. The minimum Gasteiger partial charge on any atom is -1.00 e. The van der Waals surface area contributed by atoms with Gasteiger partial charge >= 0.3 is 0 Å². The molecule has 182 valence electrons. The molecule has 34 heavy (non-hydrogen) atoms. The Morgan fingerprint density at radius 1 is 1.09 bits per heavy atom. The van der Waals surface area contributed by atoms with Crippen LogP contribution >= 0.6 is 0 Å². The van der Waals surface area contributed by atoms with E-state index in [1.807, 2.05) is 19.1 Å². The van der Waals surface area contributed by atoms with Gasteiger partial charge in [0.25, 0.3) is 5.91 Å². The fraction of sp³-hybridized carbons (Fsp3) is 0.429. The van der Waals surface area contributed by atoms with Crippen LogP contribution in [0.5, 0.6) is 0 Å². The van der Waals surface area contributed by atoms with Crippen molar-refractivity contribution in [2.75, 3.05) is 23.3 Å². The molecule has 2 aromatic carbocycles. The predicted octanol–water partition coefficient (Wildman–Crippen LogP) is 2.81. The standard InChI is InChI=1S/C28H36N4O.ClH/c1-5-26(23-13-12-21-10-8-9-11-22(21)17-23)31-28(33)24(18-29)19-30-27-15-14-25(16-20(27)4)32(6-2)7-3;/h12-17,19,26,30H,5-11H2,1-4H3,(H,31,33);1H/p-1/b24-19-;. The molecule has 6 heteroatoms.